The Morgan fingerprint density at radius 3 is 2.28 bits per heavy atom. The van der Waals surface area contributed by atoms with Crippen molar-refractivity contribution in [3.8, 4) is 11.6 Å². The van der Waals surface area contributed by atoms with Gasteiger partial charge in [-0.2, -0.15) is 0 Å². The predicted octanol–water partition coefficient (Wildman–Crippen LogP) is 3.34. The molecule has 0 spiro atoms. The number of fused-ring (bicyclic) bond motifs is 1. The predicted molar refractivity (Wildman–Crippen MR) is 211 cm³/mol. The van der Waals surface area contributed by atoms with Crippen LogP contribution in [0.1, 0.15) is 81.1 Å². The van der Waals surface area contributed by atoms with E-state index in [4.69, 9.17) is 14.2 Å². The normalized spacial score (nSPS) is 23.2. The molecule has 2 aromatic rings. The van der Waals surface area contributed by atoms with Crippen molar-refractivity contribution in [2.24, 2.45) is 17.3 Å². The smallest absolute Gasteiger partial charge is 0.329 e. The molecule has 3 aliphatic rings. The van der Waals surface area contributed by atoms with Crippen LogP contribution >= 0.6 is 0 Å². The van der Waals surface area contributed by atoms with Crippen LogP contribution in [0.5, 0.6) is 11.6 Å². The Bertz CT molecular complexity index is 2020. The third kappa shape index (κ3) is 9.97. The summed E-state index contributed by atoms with van der Waals surface area (Å²) in [6.45, 7) is 17.6. The molecule has 57 heavy (non-hydrogen) atoms. The maximum absolute atomic E-state index is 14.7. The number of urea groups is 1. The number of methoxy groups -OCH3 is 1. The standard InChI is InChI=1S/C40H56N6O10S/c1-11-24-20-40(24,36(50)45-57(52,53)27-13-14-27)44-32(47)29-19-26(55-33-28-15-12-25(54-10)18-23(28)16-17-41-33)21-46(29)34(48)31(38(4,5)6)43-37(51)42-30(22(2)3)35(49)56-39(7,8)9/h11-12,15-18,22,24,26-27,29-31H,1,13-14,19-21H2,2-10H3,(H,44,47)(H,45,50)(H2,42,43,51)/t24-,26-,29+,30+,31-,40-/m1/s1. The van der Waals surface area contributed by atoms with Gasteiger partial charge in [0.25, 0.3) is 5.91 Å². The van der Waals surface area contributed by atoms with Crippen LogP contribution in [0.2, 0.25) is 0 Å². The minimum absolute atomic E-state index is 0.0280. The minimum Gasteiger partial charge on any atom is -0.497 e. The van der Waals surface area contributed by atoms with E-state index in [0.29, 0.717) is 24.0 Å². The number of rotatable bonds is 14. The van der Waals surface area contributed by atoms with Gasteiger partial charge >= 0.3 is 12.0 Å². The first kappa shape index (κ1) is 43.2. The summed E-state index contributed by atoms with van der Waals surface area (Å²) in [6, 6.07) is 2.91. The average Bonchev–Trinajstić information content (AvgIpc) is 4.04. The van der Waals surface area contributed by atoms with Crippen LogP contribution in [0.4, 0.5) is 4.79 Å². The highest BCUT2D eigenvalue weighted by molar-refractivity contribution is 7.91. The van der Waals surface area contributed by atoms with Gasteiger partial charge in [0, 0.05) is 23.9 Å². The van der Waals surface area contributed by atoms with Crippen LogP contribution in [-0.4, -0.2) is 102 Å². The lowest BCUT2D eigenvalue weighted by atomic mass is 9.85. The summed E-state index contributed by atoms with van der Waals surface area (Å²) in [5.74, 6) is -2.86. The van der Waals surface area contributed by atoms with Crippen molar-refractivity contribution in [2.45, 2.75) is 122 Å². The highest BCUT2D eigenvalue weighted by atomic mass is 32.2. The molecule has 5 amide bonds. The topological polar surface area (TPSA) is 211 Å². The number of aromatic nitrogens is 1. The number of carbonyl (C=O) groups is 5. The van der Waals surface area contributed by atoms with E-state index in [1.54, 1.807) is 86.9 Å². The van der Waals surface area contributed by atoms with Gasteiger partial charge in [-0.05, 0) is 81.0 Å². The molecular formula is C40H56N6O10S. The van der Waals surface area contributed by atoms with Gasteiger partial charge in [-0.3, -0.25) is 19.1 Å². The quantitative estimate of drug-likeness (QED) is 0.161. The molecule has 5 rings (SSSR count). The molecule has 0 radical (unpaired) electrons. The maximum atomic E-state index is 14.7. The Morgan fingerprint density at radius 1 is 1.04 bits per heavy atom. The molecule has 3 fully saturated rings. The van der Waals surface area contributed by atoms with Crippen LogP contribution in [0.15, 0.2) is 43.1 Å². The van der Waals surface area contributed by atoms with Gasteiger partial charge in [0.15, 0.2) is 0 Å². The van der Waals surface area contributed by atoms with Crippen LogP contribution in [-0.2, 0) is 33.9 Å². The van der Waals surface area contributed by atoms with E-state index in [1.165, 1.54) is 11.0 Å². The molecule has 17 heteroatoms. The van der Waals surface area contributed by atoms with Gasteiger partial charge in [0.05, 0.1) is 18.9 Å². The lowest BCUT2D eigenvalue weighted by Crippen LogP contribution is -2.62. The van der Waals surface area contributed by atoms with Crippen molar-refractivity contribution < 1.29 is 46.6 Å². The number of nitrogens with one attached hydrogen (secondary N) is 4. The Hall–Kier alpha value is -4.93. The molecule has 2 saturated carbocycles. The van der Waals surface area contributed by atoms with E-state index in [0.717, 1.165) is 5.39 Å². The van der Waals surface area contributed by atoms with Crippen molar-refractivity contribution in [2.75, 3.05) is 13.7 Å². The van der Waals surface area contributed by atoms with E-state index in [2.05, 4.69) is 32.2 Å². The lowest BCUT2D eigenvalue weighted by molar-refractivity contribution is -0.158. The van der Waals surface area contributed by atoms with E-state index >= 15 is 0 Å². The second kappa shape index (κ2) is 16.1. The molecular weight excluding hydrogens is 757 g/mol. The molecule has 1 aliphatic heterocycles. The zero-order chi connectivity index (χ0) is 42.2. The molecule has 2 heterocycles. The Morgan fingerprint density at radius 2 is 1.72 bits per heavy atom. The SMILES string of the molecule is C=C[C@@H]1C[C@]1(NC(=O)[C@@H]1C[C@@H](Oc2nccc3cc(OC)ccc23)CN1C(=O)[C@@H](NC(=O)N[C@H](C(=O)OC(C)(C)C)C(C)C)C(C)(C)C)C(=O)NS(=O)(=O)C1CC1. The number of benzene rings is 1. The molecule has 2 aliphatic carbocycles. The molecule has 6 atom stereocenters. The summed E-state index contributed by atoms with van der Waals surface area (Å²) < 4.78 is 44.9. The van der Waals surface area contributed by atoms with Gasteiger partial charge in [0.1, 0.15) is 41.1 Å². The number of nitrogens with zero attached hydrogens (tertiary/aromatic N) is 2. The fraction of sp³-hybridized carbons (Fsp3) is 0.600. The first-order valence-corrected chi connectivity index (χ1v) is 20.7. The molecule has 1 saturated heterocycles. The van der Waals surface area contributed by atoms with Crippen molar-refractivity contribution in [3.63, 3.8) is 0 Å². The van der Waals surface area contributed by atoms with Crippen LogP contribution in [0, 0.1) is 17.3 Å². The van der Waals surface area contributed by atoms with Crippen molar-refractivity contribution >= 4 is 50.5 Å². The first-order valence-electron chi connectivity index (χ1n) is 19.2. The highest BCUT2D eigenvalue weighted by Crippen LogP contribution is 2.45. The highest BCUT2D eigenvalue weighted by Gasteiger charge is 2.62. The number of amides is 5. The number of ether oxygens (including phenoxy) is 3. The maximum Gasteiger partial charge on any atom is 0.329 e. The molecule has 4 N–H and O–H groups in total. The largest absolute Gasteiger partial charge is 0.497 e. The van der Waals surface area contributed by atoms with Crippen LogP contribution < -0.4 is 30.1 Å². The Kier molecular flexibility index (Phi) is 12.2. The molecule has 0 bridgehead atoms. The van der Waals surface area contributed by atoms with E-state index in [1.807, 2.05) is 6.07 Å². The molecule has 0 unspecified atom stereocenters. The molecule has 1 aromatic carbocycles. The number of likely N-dealkylation sites (tertiary alicyclic amines) is 1. The molecule has 312 valence electrons. The average molecular weight is 813 g/mol. The molecule has 16 nitrogen and oxygen atoms in total. The number of pyridine rings is 1. The summed E-state index contributed by atoms with van der Waals surface area (Å²) in [5, 5.41) is 8.96. The Balaban J connectivity index is 1.43. The van der Waals surface area contributed by atoms with Crippen molar-refractivity contribution in [1.29, 1.82) is 0 Å². The number of esters is 1. The number of sulfonamides is 1. The fourth-order valence-corrected chi connectivity index (χ4v) is 8.26. The van der Waals surface area contributed by atoms with E-state index in [9.17, 15) is 32.4 Å². The second-order valence-corrected chi connectivity index (χ2v) is 19.5. The summed E-state index contributed by atoms with van der Waals surface area (Å²) in [4.78, 5) is 75.0. The number of hydrogen-bond acceptors (Lipinski definition) is 11. The first-order chi connectivity index (χ1) is 26.5. The van der Waals surface area contributed by atoms with Gasteiger partial charge in [-0.15, -0.1) is 6.58 Å². The van der Waals surface area contributed by atoms with Gasteiger partial charge in [-0.1, -0.05) is 40.7 Å². The second-order valence-electron chi connectivity index (χ2n) is 17.5. The van der Waals surface area contributed by atoms with Gasteiger partial charge < -0.3 is 35.1 Å². The zero-order valence-corrected chi connectivity index (χ0v) is 34.9. The number of hydrogen-bond donors (Lipinski definition) is 4. The van der Waals surface area contributed by atoms with E-state index in [-0.39, 0.29) is 31.2 Å². The third-order valence-electron chi connectivity index (χ3n) is 10.3. The van der Waals surface area contributed by atoms with Gasteiger partial charge in [0.2, 0.25) is 27.7 Å². The van der Waals surface area contributed by atoms with Crippen LogP contribution in [0.25, 0.3) is 10.8 Å². The number of carbonyl (C=O) groups excluding carboxylic acids is 5. The summed E-state index contributed by atoms with van der Waals surface area (Å²) in [5.41, 5.74) is -3.31. The lowest BCUT2D eigenvalue weighted by Gasteiger charge is -2.36. The monoisotopic (exact) mass is 812 g/mol. The summed E-state index contributed by atoms with van der Waals surface area (Å²) in [7, 11) is -2.38. The third-order valence-corrected chi connectivity index (χ3v) is 12.1. The fourth-order valence-electron chi connectivity index (χ4n) is 6.89. The summed E-state index contributed by atoms with van der Waals surface area (Å²) >= 11 is 0. The summed E-state index contributed by atoms with van der Waals surface area (Å²) in [6.07, 6.45) is 3.23. The minimum atomic E-state index is -3.93. The zero-order valence-electron chi connectivity index (χ0n) is 34.1. The van der Waals surface area contributed by atoms with Gasteiger partial charge in [-0.25, -0.2) is 23.0 Å². The Labute approximate surface area is 334 Å². The molecule has 1 aromatic heterocycles. The van der Waals surface area contributed by atoms with Crippen molar-refractivity contribution in [3.05, 3.63) is 43.1 Å². The van der Waals surface area contributed by atoms with Crippen molar-refractivity contribution in [1.82, 2.24) is 30.6 Å². The van der Waals surface area contributed by atoms with E-state index < -0.39 is 91.7 Å². The van der Waals surface area contributed by atoms with Crippen LogP contribution in [0.3, 0.4) is 0 Å².